The molecule has 0 aliphatic heterocycles. The molecule has 1 aliphatic rings. The van der Waals surface area contributed by atoms with Crippen LogP contribution in [0, 0.1) is 11.7 Å². The molecule has 8 nitrogen and oxygen atoms in total. The Morgan fingerprint density at radius 1 is 0.925 bits per heavy atom. The van der Waals surface area contributed by atoms with Crippen molar-refractivity contribution in [2.45, 2.75) is 43.7 Å². The van der Waals surface area contributed by atoms with Crippen molar-refractivity contribution < 1.29 is 27.4 Å². The third-order valence-electron chi connectivity index (χ3n) is 7.15. The summed E-state index contributed by atoms with van der Waals surface area (Å²) in [7, 11) is -1.12. The fourth-order valence-electron chi connectivity index (χ4n) is 4.66. The number of sulfonamides is 1. The zero-order valence-electron chi connectivity index (χ0n) is 22.4. The molecule has 0 saturated heterocycles. The normalized spacial score (nSPS) is 13.5. The van der Waals surface area contributed by atoms with Crippen LogP contribution in [0.25, 0.3) is 0 Å². The highest BCUT2D eigenvalue weighted by molar-refractivity contribution is 7.89. The highest BCUT2D eigenvalue weighted by Gasteiger charge is 2.29. The van der Waals surface area contributed by atoms with Gasteiger partial charge in [-0.25, -0.2) is 12.8 Å². The van der Waals surface area contributed by atoms with Crippen LogP contribution in [0.4, 0.5) is 4.39 Å². The van der Waals surface area contributed by atoms with Crippen molar-refractivity contribution in [3.05, 3.63) is 100 Å². The average molecular weight is 566 g/mol. The van der Waals surface area contributed by atoms with Crippen molar-refractivity contribution in [2.75, 3.05) is 14.2 Å². The summed E-state index contributed by atoms with van der Waals surface area (Å²) in [6, 6.07) is 18.3. The molecule has 0 spiro atoms. The van der Waals surface area contributed by atoms with Gasteiger partial charge in [-0.1, -0.05) is 30.3 Å². The van der Waals surface area contributed by atoms with Crippen LogP contribution in [-0.4, -0.2) is 42.2 Å². The third kappa shape index (κ3) is 6.29. The number of H-pyrrole nitrogens is 1. The number of rotatable bonds is 12. The topological polar surface area (TPSA) is 105 Å². The van der Waals surface area contributed by atoms with Crippen molar-refractivity contribution in [3.63, 3.8) is 0 Å². The van der Waals surface area contributed by atoms with Gasteiger partial charge in [0, 0.05) is 30.8 Å². The van der Waals surface area contributed by atoms with Crippen molar-refractivity contribution in [1.29, 1.82) is 0 Å². The molecule has 2 N–H and O–H groups in total. The monoisotopic (exact) mass is 565 g/mol. The first-order chi connectivity index (χ1) is 19.3. The molecule has 1 saturated carbocycles. The van der Waals surface area contributed by atoms with Crippen molar-refractivity contribution in [3.8, 4) is 17.4 Å². The van der Waals surface area contributed by atoms with Gasteiger partial charge < -0.3 is 14.6 Å². The van der Waals surface area contributed by atoms with E-state index in [1.165, 1.54) is 16.4 Å². The molecule has 1 fully saturated rings. The fraction of sp³-hybridized carbons (Fsp3) is 0.300. The van der Waals surface area contributed by atoms with Gasteiger partial charge in [0.2, 0.25) is 15.9 Å². The molecule has 0 bridgehead atoms. The Balaban J connectivity index is 1.42. The Morgan fingerprint density at radius 2 is 1.48 bits per heavy atom. The van der Waals surface area contributed by atoms with Gasteiger partial charge in [-0.3, -0.25) is 5.10 Å². The van der Waals surface area contributed by atoms with Crippen LogP contribution in [0.5, 0.6) is 17.4 Å². The number of hydrogen-bond acceptors (Lipinski definition) is 6. The molecule has 3 aromatic carbocycles. The number of aromatic amines is 1. The molecule has 4 aromatic rings. The van der Waals surface area contributed by atoms with Gasteiger partial charge in [0.1, 0.15) is 22.2 Å². The van der Waals surface area contributed by atoms with Gasteiger partial charge in [-0.15, -0.1) is 5.10 Å². The lowest BCUT2D eigenvalue weighted by atomic mass is 10.0. The molecule has 0 atom stereocenters. The number of benzene rings is 3. The van der Waals surface area contributed by atoms with Gasteiger partial charge >= 0.3 is 0 Å². The van der Waals surface area contributed by atoms with Crippen molar-refractivity contribution in [2.24, 2.45) is 5.92 Å². The largest absolute Gasteiger partial charge is 0.497 e. The molecule has 5 rings (SSSR count). The summed E-state index contributed by atoms with van der Waals surface area (Å²) in [5.41, 5.74) is 3.45. The molecule has 0 unspecified atom stereocenters. The summed E-state index contributed by atoms with van der Waals surface area (Å²) in [5, 5.41) is 17.0. The van der Waals surface area contributed by atoms with Crippen LogP contribution in [0.2, 0.25) is 0 Å². The average Bonchev–Trinajstić information content (AvgIpc) is 3.72. The van der Waals surface area contributed by atoms with Crippen LogP contribution in [-0.2, 0) is 36.0 Å². The summed E-state index contributed by atoms with van der Waals surface area (Å²) in [6.45, 7) is 0.0694. The van der Waals surface area contributed by atoms with Gasteiger partial charge in [0.15, 0.2) is 0 Å². The van der Waals surface area contributed by atoms with E-state index < -0.39 is 20.7 Å². The Morgan fingerprint density at radius 3 is 1.98 bits per heavy atom. The summed E-state index contributed by atoms with van der Waals surface area (Å²) in [4.78, 5) is -0.409. The molecule has 210 valence electrons. The molecule has 0 radical (unpaired) electrons. The van der Waals surface area contributed by atoms with Crippen LogP contribution in [0.3, 0.4) is 0 Å². The Bertz CT molecular complexity index is 1520. The maximum absolute atomic E-state index is 15.5. The number of aromatic nitrogens is 2. The first-order valence-corrected chi connectivity index (χ1v) is 14.5. The number of nitrogens with one attached hydrogen (secondary N) is 1. The molecule has 40 heavy (non-hydrogen) atoms. The minimum atomic E-state index is -4.23. The van der Waals surface area contributed by atoms with Crippen LogP contribution >= 0.6 is 0 Å². The number of nitrogens with zero attached hydrogens (tertiary/aromatic N) is 2. The Labute approximate surface area is 233 Å². The van der Waals surface area contributed by atoms with E-state index in [-0.39, 0.29) is 25.4 Å². The van der Waals surface area contributed by atoms with E-state index in [1.807, 2.05) is 0 Å². The van der Waals surface area contributed by atoms with Crippen LogP contribution in [0.1, 0.15) is 40.8 Å². The van der Waals surface area contributed by atoms with Crippen molar-refractivity contribution >= 4 is 10.0 Å². The second kappa shape index (κ2) is 11.7. The number of hydrogen-bond donors (Lipinski definition) is 2. The predicted octanol–water partition coefficient (Wildman–Crippen LogP) is 5.21. The highest BCUT2D eigenvalue weighted by Crippen LogP contribution is 2.35. The van der Waals surface area contributed by atoms with E-state index in [1.54, 1.807) is 68.8 Å². The fourth-order valence-corrected chi connectivity index (χ4v) is 6.12. The van der Waals surface area contributed by atoms with E-state index in [2.05, 4.69) is 10.2 Å². The second-order valence-corrected chi connectivity index (χ2v) is 12.0. The van der Waals surface area contributed by atoms with E-state index >= 15 is 4.39 Å². The van der Waals surface area contributed by atoms with Gasteiger partial charge in [-0.2, -0.15) is 4.31 Å². The minimum absolute atomic E-state index is 0.0347. The molecule has 0 amide bonds. The quantitative estimate of drug-likeness (QED) is 0.245. The first-order valence-electron chi connectivity index (χ1n) is 13.1. The van der Waals surface area contributed by atoms with E-state index in [9.17, 15) is 13.5 Å². The lowest BCUT2D eigenvalue weighted by Gasteiger charge is -2.23. The minimum Gasteiger partial charge on any atom is -0.497 e. The lowest BCUT2D eigenvalue weighted by molar-refractivity contribution is 0.395. The zero-order valence-corrected chi connectivity index (χ0v) is 23.2. The van der Waals surface area contributed by atoms with Gasteiger partial charge in [0.25, 0.3) is 0 Å². The SMILES string of the molecule is COc1ccc(CN(Cc2ccc(OC)cc2)S(=O)(=O)c2ccc(Cc3c(O)n[nH]c3CC3CC3)cc2F)cc1. The summed E-state index contributed by atoms with van der Waals surface area (Å²) >= 11 is 0. The number of aromatic hydroxyl groups is 1. The molecular formula is C30H32FN3O5S. The van der Waals surface area contributed by atoms with Gasteiger partial charge in [0.05, 0.1) is 14.2 Å². The maximum atomic E-state index is 15.5. The van der Waals surface area contributed by atoms with E-state index in [4.69, 9.17) is 9.47 Å². The molecular weight excluding hydrogens is 533 g/mol. The maximum Gasteiger partial charge on any atom is 0.246 e. The summed E-state index contributed by atoms with van der Waals surface area (Å²) in [5.74, 6) is 0.916. The molecule has 1 heterocycles. The number of halogens is 1. The smallest absolute Gasteiger partial charge is 0.246 e. The predicted molar refractivity (Wildman–Crippen MR) is 148 cm³/mol. The molecule has 10 heteroatoms. The lowest BCUT2D eigenvalue weighted by Crippen LogP contribution is -2.31. The van der Waals surface area contributed by atoms with Crippen molar-refractivity contribution in [1.82, 2.24) is 14.5 Å². The standard InChI is InChI=1S/C30H32FN3O5S/c1-38-24-10-5-21(6-11-24)18-34(19-22-7-12-25(39-2)13-8-22)40(36,37)29-14-9-23(16-27(29)31)15-26-28(17-20-3-4-20)32-33-30(26)35/h5-14,16,20H,3-4,15,17-19H2,1-2H3,(H2,32,33,35). The van der Waals surface area contributed by atoms with Gasteiger partial charge in [-0.05, 0) is 78.3 Å². The Kier molecular flexibility index (Phi) is 8.09. The summed E-state index contributed by atoms with van der Waals surface area (Å²) in [6.07, 6.45) is 3.31. The number of methoxy groups -OCH3 is 2. The second-order valence-electron chi connectivity index (χ2n) is 10.1. The third-order valence-corrected chi connectivity index (χ3v) is 8.98. The van der Waals surface area contributed by atoms with E-state index in [0.29, 0.717) is 28.5 Å². The number of ether oxygens (including phenoxy) is 2. The Hall–Kier alpha value is -3.89. The summed E-state index contributed by atoms with van der Waals surface area (Å²) < 4.78 is 54.9. The molecule has 1 aromatic heterocycles. The van der Waals surface area contributed by atoms with Crippen LogP contribution < -0.4 is 9.47 Å². The molecule has 1 aliphatic carbocycles. The highest BCUT2D eigenvalue weighted by atomic mass is 32.2. The first kappa shape index (κ1) is 27.7. The zero-order chi connectivity index (χ0) is 28.3. The van der Waals surface area contributed by atoms with Crippen LogP contribution in [0.15, 0.2) is 71.6 Å². The van der Waals surface area contributed by atoms with E-state index in [0.717, 1.165) is 36.1 Å².